The Morgan fingerprint density at radius 1 is 1.33 bits per heavy atom. The molecule has 1 aliphatic rings. The zero-order valence-corrected chi connectivity index (χ0v) is 8.12. The number of rotatable bonds is 2. The number of alkyl halides is 2. The van der Waals surface area contributed by atoms with Crippen molar-refractivity contribution in [2.24, 2.45) is 0 Å². The van der Waals surface area contributed by atoms with E-state index < -0.39 is 6.43 Å². The Labute approximate surface area is 86.5 Å². The molecule has 80 valence electrons. The molecule has 0 aromatic heterocycles. The molecule has 1 aromatic carbocycles. The standard InChI is InChI=1S/C11H11F2NO/c12-11(13)8-2-1-3-9(6-8)14-5-4-10(15)7-14/h1-3,6,11H,4-5,7H2. The maximum absolute atomic E-state index is 12.4. The van der Waals surface area contributed by atoms with Crippen molar-refractivity contribution in [2.75, 3.05) is 18.0 Å². The lowest BCUT2D eigenvalue weighted by Crippen LogP contribution is -2.19. The Morgan fingerprint density at radius 2 is 2.13 bits per heavy atom. The molecule has 1 saturated heterocycles. The van der Waals surface area contributed by atoms with Crippen LogP contribution in [-0.2, 0) is 4.79 Å². The molecule has 0 spiro atoms. The Bertz CT molecular complexity index is 379. The van der Waals surface area contributed by atoms with Gasteiger partial charge >= 0.3 is 0 Å². The van der Waals surface area contributed by atoms with Gasteiger partial charge in [0.15, 0.2) is 5.78 Å². The molecule has 0 N–H and O–H groups in total. The predicted octanol–water partition coefficient (Wildman–Crippen LogP) is 2.40. The van der Waals surface area contributed by atoms with E-state index in [0.29, 0.717) is 25.2 Å². The Kier molecular flexibility index (Phi) is 2.66. The highest BCUT2D eigenvalue weighted by atomic mass is 19.3. The van der Waals surface area contributed by atoms with Crippen LogP contribution in [0, 0.1) is 0 Å². The lowest BCUT2D eigenvalue weighted by molar-refractivity contribution is -0.116. The summed E-state index contributed by atoms with van der Waals surface area (Å²) in [4.78, 5) is 12.9. The van der Waals surface area contributed by atoms with Crippen LogP contribution >= 0.6 is 0 Å². The van der Waals surface area contributed by atoms with Gasteiger partial charge < -0.3 is 4.90 Å². The van der Waals surface area contributed by atoms with Crippen molar-refractivity contribution >= 4 is 11.5 Å². The van der Waals surface area contributed by atoms with Gasteiger partial charge in [-0.1, -0.05) is 12.1 Å². The van der Waals surface area contributed by atoms with Gasteiger partial charge in [0.1, 0.15) is 0 Å². The van der Waals surface area contributed by atoms with Gasteiger partial charge in [-0.05, 0) is 12.1 Å². The van der Waals surface area contributed by atoms with Gasteiger partial charge in [-0.3, -0.25) is 4.79 Å². The molecule has 0 amide bonds. The van der Waals surface area contributed by atoms with E-state index in [4.69, 9.17) is 0 Å². The van der Waals surface area contributed by atoms with E-state index in [9.17, 15) is 13.6 Å². The number of anilines is 1. The first-order chi connectivity index (χ1) is 7.16. The van der Waals surface area contributed by atoms with Gasteiger partial charge in [0.2, 0.25) is 0 Å². The van der Waals surface area contributed by atoms with E-state index in [0.717, 1.165) is 0 Å². The van der Waals surface area contributed by atoms with E-state index >= 15 is 0 Å². The average Bonchev–Trinajstić information content (AvgIpc) is 2.65. The lowest BCUT2D eigenvalue weighted by atomic mass is 10.2. The fraction of sp³-hybridized carbons (Fsp3) is 0.364. The molecule has 0 unspecified atom stereocenters. The minimum atomic E-state index is -2.46. The highest BCUT2D eigenvalue weighted by Gasteiger charge is 2.20. The summed E-state index contributed by atoms with van der Waals surface area (Å²) in [6, 6.07) is 6.19. The normalized spacial score (nSPS) is 16.5. The monoisotopic (exact) mass is 211 g/mol. The highest BCUT2D eigenvalue weighted by molar-refractivity contribution is 5.87. The van der Waals surface area contributed by atoms with E-state index in [1.165, 1.54) is 12.1 Å². The fourth-order valence-corrected chi connectivity index (χ4v) is 1.71. The van der Waals surface area contributed by atoms with Crippen LogP contribution in [0.25, 0.3) is 0 Å². The Balaban J connectivity index is 2.21. The SMILES string of the molecule is O=C1CCN(c2cccc(C(F)F)c2)C1. The highest BCUT2D eigenvalue weighted by Crippen LogP contribution is 2.25. The van der Waals surface area contributed by atoms with Gasteiger partial charge in [0.05, 0.1) is 6.54 Å². The molecule has 0 radical (unpaired) electrons. The van der Waals surface area contributed by atoms with Crippen molar-refractivity contribution in [3.05, 3.63) is 29.8 Å². The topological polar surface area (TPSA) is 20.3 Å². The van der Waals surface area contributed by atoms with Gasteiger partial charge in [-0.25, -0.2) is 8.78 Å². The van der Waals surface area contributed by atoms with Crippen LogP contribution in [0.1, 0.15) is 18.4 Å². The molecule has 1 aromatic rings. The second kappa shape index (κ2) is 3.96. The molecular formula is C11H11F2NO. The smallest absolute Gasteiger partial charge is 0.263 e. The largest absolute Gasteiger partial charge is 0.364 e. The van der Waals surface area contributed by atoms with Crippen molar-refractivity contribution in [3.63, 3.8) is 0 Å². The number of halogens is 2. The number of benzene rings is 1. The molecule has 1 heterocycles. The van der Waals surface area contributed by atoms with Gasteiger partial charge in [0, 0.05) is 24.2 Å². The van der Waals surface area contributed by atoms with Crippen LogP contribution < -0.4 is 4.90 Å². The first kappa shape index (κ1) is 10.1. The van der Waals surface area contributed by atoms with Crippen molar-refractivity contribution in [2.45, 2.75) is 12.8 Å². The molecule has 0 bridgehead atoms. The van der Waals surface area contributed by atoms with Gasteiger partial charge in [-0.2, -0.15) is 0 Å². The van der Waals surface area contributed by atoms with Crippen LogP contribution in [-0.4, -0.2) is 18.9 Å². The quantitative estimate of drug-likeness (QED) is 0.748. The molecule has 0 aliphatic carbocycles. The van der Waals surface area contributed by atoms with Crippen LogP contribution in [0.5, 0.6) is 0 Å². The summed E-state index contributed by atoms with van der Waals surface area (Å²) in [5.74, 6) is 0.164. The number of nitrogens with zero attached hydrogens (tertiary/aromatic N) is 1. The third-order valence-corrected chi connectivity index (χ3v) is 2.52. The minimum absolute atomic E-state index is 0.00634. The van der Waals surface area contributed by atoms with Crippen molar-refractivity contribution < 1.29 is 13.6 Å². The third-order valence-electron chi connectivity index (χ3n) is 2.52. The number of Topliss-reactive ketones (excluding diaryl/α,β-unsaturated/α-hetero) is 1. The summed E-state index contributed by atoms with van der Waals surface area (Å²) in [7, 11) is 0. The zero-order chi connectivity index (χ0) is 10.8. The van der Waals surface area contributed by atoms with Crippen LogP contribution in [0.4, 0.5) is 14.5 Å². The summed E-state index contributed by atoms with van der Waals surface area (Å²) in [6.45, 7) is 0.970. The zero-order valence-electron chi connectivity index (χ0n) is 8.12. The van der Waals surface area contributed by atoms with Crippen molar-refractivity contribution in [1.82, 2.24) is 0 Å². The third kappa shape index (κ3) is 2.14. The Hall–Kier alpha value is -1.45. The van der Waals surface area contributed by atoms with Crippen molar-refractivity contribution in [3.8, 4) is 0 Å². The summed E-state index contributed by atoms with van der Waals surface area (Å²) in [5, 5.41) is 0. The molecule has 2 nitrogen and oxygen atoms in total. The van der Waals surface area contributed by atoms with Crippen LogP contribution in [0.15, 0.2) is 24.3 Å². The molecule has 4 heteroatoms. The summed E-state index contributed by atoms with van der Waals surface area (Å²) in [5.41, 5.74) is 0.713. The first-order valence-electron chi connectivity index (χ1n) is 4.81. The Morgan fingerprint density at radius 3 is 2.73 bits per heavy atom. The summed E-state index contributed by atoms with van der Waals surface area (Å²) in [6.07, 6.45) is -1.94. The van der Waals surface area contributed by atoms with Crippen LogP contribution in [0.2, 0.25) is 0 Å². The number of hydrogen-bond donors (Lipinski definition) is 0. The molecular weight excluding hydrogens is 200 g/mol. The molecule has 15 heavy (non-hydrogen) atoms. The molecule has 1 aliphatic heterocycles. The summed E-state index contributed by atoms with van der Waals surface area (Å²) < 4.78 is 24.9. The van der Waals surface area contributed by atoms with Gasteiger partial charge in [-0.15, -0.1) is 0 Å². The first-order valence-corrected chi connectivity index (χ1v) is 4.81. The second-order valence-electron chi connectivity index (χ2n) is 3.61. The van der Waals surface area contributed by atoms with Crippen LogP contribution in [0.3, 0.4) is 0 Å². The molecule has 0 atom stereocenters. The second-order valence-corrected chi connectivity index (χ2v) is 3.61. The fourth-order valence-electron chi connectivity index (χ4n) is 1.71. The van der Waals surface area contributed by atoms with E-state index in [1.54, 1.807) is 12.1 Å². The lowest BCUT2D eigenvalue weighted by Gasteiger charge is -2.17. The van der Waals surface area contributed by atoms with Gasteiger partial charge in [0.25, 0.3) is 6.43 Å². The maximum Gasteiger partial charge on any atom is 0.263 e. The van der Waals surface area contributed by atoms with E-state index in [-0.39, 0.29) is 11.3 Å². The molecule has 2 rings (SSSR count). The molecule has 1 fully saturated rings. The number of carbonyl (C=O) groups excluding carboxylic acids is 1. The molecule has 0 saturated carbocycles. The summed E-state index contributed by atoms with van der Waals surface area (Å²) >= 11 is 0. The minimum Gasteiger partial charge on any atom is -0.364 e. The van der Waals surface area contributed by atoms with Crippen molar-refractivity contribution in [1.29, 1.82) is 0 Å². The van der Waals surface area contributed by atoms with E-state index in [1.807, 2.05) is 4.90 Å². The average molecular weight is 211 g/mol. The van der Waals surface area contributed by atoms with E-state index in [2.05, 4.69) is 0 Å². The number of hydrogen-bond acceptors (Lipinski definition) is 2. The number of ketones is 1. The predicted molar refractivity (Wildman–Crippen MR) is 53.2 cm³/mol. The number of carbonyl (C=O) groups is 1. The maximum atomic E-state index is 12.4.